The van der Waals surface area contributed by atoms with Crippen molar-refractivity contribution in [1.29, 1.82) is 0 Å². The maximum atomic E-state index is 13.4. The topological polar surface area (TPSA) is 120 Å². The standard InChI is InChI=1S/C40H39N3O6/c1-3-29-30-20-28(16-17-34(30)42-36-32(29)22-43-35(36)21-31-33(38(43)45)23-48-39(46)37(31)44)49-40(47)41-19-18-27-14-12-26(13-15-27)7-5-4-6-25-10-8-24(2)9-11-25/h8-17,20-21,37,44H,3-7,18-19,22-23H2,1-2H3,(H,41,47). The van der Waals surface area contributed by atoms with E-state index in [-0.39, 0.29) is 23.3 Å². The Hall–Kier alpha value is -5.28. The summed E-state index contributed by atoms with van der Waals surface area (Å²) in [5, 5.41) is 14.1. The Labute approximate surface area is 284 Å². The number of ether oxygens (including phenoxy) is 2. The number of aromatic nitrogens is 2. The monoisotopic (exact) mass is 657 g/mol. The zero-order valence-electron chi connectivity index (χ0n) is 27.8. The van der Waals surface area contributed by atoms with Crippen LogP contribution in [-0.4, -0.2) is 33.3 Å². The van der Waals surface area contributed by atoms with Crippen molar-refractivity contribution in [2.24, 2.45) is 0 Å². The second kappa shape index (κ2) is 13.7. The first-order valence-electron chi connectivity index (χ1n) is 16.9. The molecule has 2 aliphatic rings. The fourth-order valence-corrected chi connectivity index (χ4v) is 6.89. The van der Waals surface area contributed by atoms with E-state index in [1.165, 1.54) is 16.7 Å². The Morgan fingerprint density at radius 1 is 0.939 bits per heavy atom. The number of aryl methyl sites for hydroxylation is 4. The van der Waals surface area contributed by atoms with Gasteiger partial charge in [0.25, 0.3) is 5.56 Å². The van der Waals surface area contributed by atoms with Crippen LogP contribution in [0.15, 0.2) is 77.6 Å². The average molecular weight is 658 g/mol. The molecule has 5 aromatic rings. The smallest absolute Gasteiger partial charge is 0.412 e. The van der Waals surface area contributed by atoms with Gasteiger partial charge in [-0.3, -0.25) is 4.79 Å². The molecule has 0 bridgehead atoms. The van der Waals surface area contributed by atoms with Crippen molar-refractivity contribution >= 4 is 23.0 Å². The maximum Gasteiger partial charge on any atom is 0.412 e. The molecule has 2 aliphatic heterocycles. The molecular weight excluding hydrogens is 618 g/mol. The van der Waals surface area contributed by atoms with Gasteiger partial charge in [0.1, 0.15) is 12.4 Å². The van der Waals surface area contributed by atoms with Crippen molar-refractivity contribution < 1.29 is 24.2 Å². The molecule has 0 saturated carbocycles. The number of benzene rings is 3. The second-order valence-corrected chi connectivity index (χ2v) is 12.9. The van der Waals surface area contributed by atoms with Crippen LogP contribution in [-0.2, 0) is 48.4 Å². The highest BCUT2D eigenvalue weighted by Gasteiger charge is 2.34. The van der Waals surface area contributed by atoms with Crippen molar-refractivity contribution in [3.05, 3.63) is 128 Å². The number of esters is 1. The Kier molecular flexibility index (Phi) is 9.01. The zero-order chi connectivity index (χ0) is 34.1. The largest absolute Gasteiger partial charge is 0.458 e. The number of pyridine rings is 2. The molecule has 0 spiro atoms. The first-order chi connectivity index (χ1) is 23.8. The molecule has 1 unspecified atom stereocenters. The minimum atomic E-state index is -1.50. The lowest BCUT2D eigenvalue weighted by molar-refractivity contribution is -0.157. The summed E-state index contributed by atoms with van der Waals surface area (Å²) in [4.78, 5) is 42.9. The summed E-state index contributed by atoms with van der Waals surface area (Å²) in [6, 6.07) is 24.4. The van der Waals surface area contributed by atoms with E-state index in [0.717, 1.165) is 47.8 Å². The Bertz CT molecular complexity index is 2120. The van der Waals surface area contributed by atoms with Crippen LogP contribution < -0.4 is 15.6 Å². The molecule has 49 heavy (non-hydrogen) atoms. The molecule has 7 rings (SSSR count). The van der Waals surface area contributed by atoms with Crippen LogP contribution in [0.3, 0.4) is 0 Å². The molecule has 0 radical (unpaired) electrons. The highest BCUT2D eigenvalue weighted by atomic mass is 16.6. The van der Waals surface area contributed by atoms with Gasteiger partial charge in [0.15, 0.2) is 6.10 Å². The van der Waals surface area contributed by atoms with E-state index in [1.807, 2.05) is 13.0 Å². The number of amides is 1. The first-order valence-corrected chi connectivity index (χ1v) is 16.9. The van der Waals surface area contributed by atoms with Gasteiger partial charge < -0.3 is 24.5 Å². The van der Waals surface area contributed by atoms with Gasteiger partial charge in [-0.25, -0.2) is 14.6 Å². The van der Waals surface area contributed by atoms with Crippen LogP contribution in [0.4, 0.5) is 4.79 Å². The molecule has 2 N–H and O–H groups in total. The SMILES string of the molecule is CCc1c2c(nc3ccc(OC(=O)NCCc4ccc(CCCCc5ccc(C)cc5)cc4)cc13)-c1cc3c(c(=O)n1C2)COC(=O)C3O. The van der Waals surface area contributed by atoms with Crippen LogP contribution in [0.2, 0.25) is 0 Å². The minimum absolute atomic E-state index is 0.165. The van der Waals surface area contributed by atoms with Gasteiger partial charge in [0, 0.05) is 23.1 Å². The van der Waals surface area contributed by atoms with E-state index in [2.05, 4.69) is 60.8 Å². The van der Waals surface area contributed by atoms with E-state index in [4.69, 9.17) is 14.5 Å². The summed E-state index contributed by atoms with van der Waals surface area (Å²) in [6.07, 6.45) is 3.78. The van der Waals surface area contributed by atoms with Gasteiger partial charge >= 0.3 is 12.1 Å². The van der Waals surface area contributed by atoms with Crippen LogP contribution in [0.5, 0.6) is 5.75 Å². The second-order valence-electron chi connectivity index (χ2n) is 12.9. The van der Waals surface area contributed by atoms with Crippen LogP contribution in [0.25, 0.3) is 22.3 Å². The number of nitrogens with zero attached hydrogens (tertiary/aromatic N) is 2. The third-order valence-electron chi connectivity index (χ3n) is 9.62. The van der Waals surface area contributed by atoms with Gasteiger partial charge in [0.05, 0.1) is 29.0 Å². The van der Waals surface area contributed by atoms with Crippen LogP contribution >= 0.6 is 0 Å². The lowest BCUT2D eigenvalue weighted by Gasteiger charge is -2.21. The Morgan fingerprint density at radius 2 is 1.61 bits per heavy atom. The van der Waals surface area contributed by atoms with Crippen molar-refractivity contribution in [3.8, 4) is 17.1 Å². The summed E-state index contributed by atoms with van der Waals surface area (Å²) in [7, 11) is 0. The molecule has 3 aromatic carbocycles. The molecule has 1 amide bonds. The number of carbonyl (C=O) groups excluding carboxylic acids is 2. The van der Waals surface area contributed by atoms with E-state index < -0.39 is 18.2 Å². The Morgan fingerprint density at radius 3 is 2.31 bits per heavy atom. The molecule has 1 atom stereocenters. The van der Waals surface area contributed by atoms with Crippen molar-refractivity contribution in [1.82, 2.24) is 14.9 Å². The highest BCUT2D eigenvalue weighted by Crippen LogP contribution is 2.38. The maximum absolute atomic E-state index is 13.4. The normalized spacial score (nSPS) is 14.6. The van der Waals surface area contributed by atoms with Crippen LogP contribution in [0, 0.1) is 6.92 Å². The first kappa shape index (κ1) is 32.3. The van der Waals surface area contributed by atoms with E-state index in [1.54, 1.807) is 22.8 Å². The molecule has 4 heterocycles. The van der Waals surface area contributed by atoms with Gasteiger partial charge in [-0.2, -0.15) is 0 Å². The van der Waals surface area contributed by atoms with Gasteiger partial charge in [-0.05, 0) is 92.0 Å². The molecule has 0 saturated heterocycles. The lowest BCUT2D eigenvalue weighted by atomic mass is 9.97. The fraction of sp³-hybridized carbons (Fsp3) is 0.300. The zero-order valence-corrected chi connectivity index (χ0v) is 27.8. The van der Waals surface area contributed by atoms with Crippen molar-refractivity contribution in [3.63, 3.8) is 0 Å². The predicted molar refractivity (Wildman–Crippen MR) is 187 cm³/mol. The molecule has 9 nitrogen and oxygen atoms in total. The predicted octanol–water partition coefficient (Wildman–Crippen LogP) is 6.28. The number of hydrogen-bond donors (Lipinski definition) is 2. The summed E-state index contributed by atoms with van der Waals surface area (Å²) < 4.78 is 12.3. The molecule has 0 aliphatic carbocycles. The minimum Gasteiger partial charge on any atom is -0.458 e. The number of cyclic esters (lactones) is 1. The number of hydrogen-bond acceptors (Lipinski definition) is 7. The summed E-state index contributed by atoms with van der Waals surface area (Å²) in [6.45, 7) is 4.73. The number of aliphatic hydroxyl groups excluding tert-OH is 1. The summed E-state index contributed by atoms with van der Waals surface area (Å²) in [5.41, 5.74) is 9.20. The number of rotatable bonds is 10. The quantitative estimate of drug-likeness (QED) is 0.131. The Balaban J connectivity index is 0.958. The fourth-order valence-electron chi connectivity index (χ4n) is 6.89. The number of nitrogens with one attached hydrogen (secondary N) is 1. The van der Waals surface area contributed by atoms with Gasteiger partial charge in [0.2, 0.25) is 0 Å². The average Bonchev–Trinajstić information content (AvgIpc) is 3.47. The van der Waals surface area contributed by atoms with Gasteiger partial charge in [-0.1, -0.05) is 61.0 Å². The summed E-state index contributed by atoms with van der Waals surface area (Å²) >= 11 is 0. The number of aliphatic hydroxyl groups is 1. The molecule has 9 heteroatoms. The van der Waals surface area contributed by atoms with Crippen molar-refractivity contribution in [2.45, 2.75) is 71.6 Å². The summed E-state index contributed by atoms with van der Waals surface area (Å²) in [5.74, 6) is -0.368. The number of carbonyl (C=O) groups is 2. The number of unbranched alkanes of at least 4 members (excludes halogenated alkanes) is 1. The third kappa shape index (κ3) is 6.58. The van der Waals surface area contributed by atoms with E-state index in [9.17, 15) is 19.5 Å². The highest BCUT2D eigenvalue weighted by molar-refractivity contribution is 5.90. The lowest BCUT2D eigenvalue weighted by Crippen LogP contribution is -2.32. The molecule has 250 valence electrons. The van der Waals surface area contributed by atoms with Crippen molar-refractivity contribution in [2.75, 3.05) is 6.54 Å². The van der Waals surface area contributed by atoms with E-state index in [0.29, 0.717) is 48.6 Å². The number of fused-ring (bicyclic) bond motifs is 5. The third-order valence-corrected chi connectivity index (χ3v) is 9.62. The van der Waals surface area contributed by atoms with E-state index >= 15 is 0 Å². The van der Waals surface area contributed by atoms with Gasteiger partial charge in [-0.15, -0.1) is 0 Å². The molecule has 2 aromatic heterocycles. The van der Waals surface area contributed by atoms with Crippen LogP contribution in [0.1, 0.15) is 70.4 Å². The molecular formula is C40H39N3O6. The molecule has 0 fully saturated rings.